The third kappa shape index (κ3) is 3.59. The lowest BCUT2D eigenvalue weighted by atomic mass is 10.4. The molecule has 2 aromatic rings. The summed E-state index contributed by atoms with van der Waals surface area (Å²) < 4.78 is 1.11. The highest BCUT2D eigenvalue weighted by atomic mass is 16.6. The monoisotopic (exact) mass is 290 g/mol. The second-order valence-corrected chi connectivity index (χ2v) is 4.32. The molecule has 0 saturated heterocycles. The topological polar surface area (TPSA) is 116 Å². The summed E-state index contributed by atoms with van der Waals surface area (Å²) in [6.07, 6.45) is 2.06. The highest BCUT2D eigenvalue weighted by Gasteiger charge is 2.11. The van der Waals surface area contributed by atoms with Crippen LogP contribution in [0.3, 0.4) is 0 Å². The average molecular weight is 290 g/mol. The summed E-state index contributed by atoms with van der Waals surface area (Å²) in [6, 6.07) is 1.78. The van der Waals surface area contributed by atoms with Gasteiger partial charge in [-0.3, -0.25) is 14.7 Å². The van der Waals surface area contributed by atoms with Crippen molar-refractivity contribution in [1.82, 2.24) is 19.5 Å². The van der Waals surface area contributed by atoms with E-state index < -0.39 is 10.6 Å². The second kappa shape index (κ2) is 6.07. The van der Waals surface area contributed by atoms with E-state index in [0.29, 0.717) is 18.2 Å². The van der Waals surface area contributed by atoms with Crippen LogP contribution in [-0.4, -0.2) is 31.0 Å². The van der Waals surface area contributed by atoms with Gasteiger partial charge in [-0.05, 0) is 13.8 Å². The van der Waals surface area contributed by atoms with E-state index >= 15 is 0 Å². The molecule has 0 amide bonds. The maximum absolute atomic E-state index is 11.7. The molecule has 0 aliphatic heterocycles. The van der Waals surface area contributed by atoms with Crippen molar-refractivity contribution in [2.24, 2.45) is 0 Å². The van der Waals surface area contributed by atoms with E-state index in [0.717, 1.165) is 22.7 Å². The number of hydrogen-bond donors (Lipinski definition) is 1. The van der Waals surface area contributed by atoms with Gasteiger partial charge in [-0.25, -0.2) is 14.8 Å². The highest BCUT2D eigenvalue weighted by Crippen LogP contribution is 2.09. The Morgan fingerprint density at radius 1 is 1.43 bits per heavy atom. The number of hydrogen-bond acceptors (Lipinski definition) is 7. The van der Waals surface area contributed by atoms with Gasteiger partial charge in [0, 0.05) is 18.3 Å². The number of aryl methyl sites for hydroxylation is 1. The van der Waals surface area contributed by atoms with Crippen LogP contribution in [0.15, 0.2) is 23.3 Å². The standard InChI is InChI=1S/C12H14N6O3/c1-3-13-10-4-8(2)15-11(16-10)7-17-6-9(18(20)21)5-14-12(17)19/h4-6H,3,7H2,1-2H3,(H,13,15,16). The molecule has 0 saturated carbocycles. The molecule has 0 fully saturated rings. The molecule has 0 atom stereocenters. The Bertz CT molecular complexity index is 727. The Hall–Kier alpha value is -2.84. The first kappa shape index (κ1) is 14.6. The molecule has 110 valence electrons. The van der Waals surface area contributed by atoms with Crippen LogP contribution in [0.2, 0.25) is 0 Å². The van der Waals surface area contributed by atoms with Gasteiger partial charge in [0.2, 0.25) is 0 Å². The van der Waals surface area contributed by atoms with E-state index in [-0.39, 0.29) is 12.2 Å². The number of anilines is 1. The predicted molar refractivity (Wildman–Crippen MR) is 75.2 cm³/mol. The van der Waals surface area contributed by atoms with Crippen molar-refractivity contribution in [1.29, 1.82) is 0 Å². The molecule has 0 aliphatic carbocycles. The summed E-state index contributed by atoms with van der Waals surface area (Å²) >= 11 is 0. The van der Waals surface area contributed by atoms with Gasteiger partial charge in [-0.1, -0.05) is 0 Å². The maximum atomic E-state index is 11.7. The minimum Gasteiger partial charge on any atom is -0.370 e. The maximum Gasteiger partial charge on any atom is 0.348 e. The summed E-state index contributed by atoms with van der Waals surface area (Å²) in [5.74, 6) is 1.03. The van der Waals surface area contributed by atoms with Crippen molar-refractivity contribution in [2.45, 2.75) is 20.4 Å². The van der Waals surface area contributed by atoms with Crippen molar-refractivity contribution < 1.29 is 4.92 Å². The van der Waals surface area contributed by atoms with Crippen LogP contribution in [0.5, 0.6) is 0 Å². The molecule has 2 rings (SSSR count). The normalized spacial score (nSPS) is 10.4. The van der Waals surface area contributed by atoms with Gasteiger partial charge in [0.15, 0.2) is 5.82 Å². The fraction of sp³-hybridized carbons (Fsp3) is 0.333. The van der Waals surface area contributed by atoms with Crippen LogP contribution in [0.1, 0.15) is 18.4 Å². The van der Waals surface area contributed by atoms with E-state index in [4.69, 9.17) is 0 Å². The number of nitrogens with zero attached hydrogens (tertiary/aromatic N) is 5. The molecule has 1 N–H and O–H groups in total. The van der Waals surface area contributed by atoms with Gasteiger partial charge >= 0.3 is 11.4 Å². The molecule has 21 heavy (non-hydrogen) atoms. The Labute approximate surface area is 119 Å². The zero-order chi connectivity index (χ0) is 15.4. The smallest absolute Gasteiger partial charge is 0.348 e. The summed E-state index contributed by atoms with van der Waals surface area (Å²) in [5.41, 5.74) is -0.104. The number of nitro groups is 1. The van der Waals surface area contributed by atoms with E-state index in [1.165, 1.54) is 0 Å². The van der Waals surface area contributed by atoms with Crippen LogP contribution < -0.4 is 11.0 Å². The van der Waals surface area contributed by atoms with Crippen molar-refractivity contribution in [3.8, 4) is 0 Å². The lowest BCUT2D eigenvalue weighted by Crippen LogP contribution is -2.24. The van der Waals surface area contributed by atoms with E-state index in [1.54, 1.807) is 13.0 Å². The molecular weight excluding hydrogens is 276 g/mol. The number of nitrogens with one attached hydrogen (secondary N) is 1. The molecule has 2 heterocycles. The largest absolute Gasteiger partial charge is 0.370 e. The zero-order valence-corrected chi connectivity index (χ0v) is 11.6. The van der Waals surface area contributed by atoms with Crippen LogP contribution in [0.25, 0.3) is 0 Å². The van der Waals surface area contributed by atoms with Gasteiger partial charge in [0.1, 0.15) is 12.0 Å². The summed E-state index contributed by atoms with van der Waals surface area (Å²) in [4.78, 5) is 33.7. The molecule has 0 aromatic carbocycles. The third-order valence-electron chi connectivity index (χ3n) is 2.62. The van der Waals surface area contributed by atoms with Gasteiger partial charge in [-0.2, -0.15) is 4.98 Å². The van der Waals surface area contributed by atoms with Crippen molar-refractivity contribution in [2.75, 3.05) is 11.9 Å². The molecule has 0 unspecified atom stereocenters. The quantitative estimate of drug-likeness (QED) is 0.637. The van der Waals surface area contributed by atoms with Crippen LogP contribution in [-0.2, 0) is 6.54 Å². The van der Waals surface area contributed by atoms with E-state index in [2.05, 4.69) is 20.3 Å². The highest BCUT2D eigenvalue weighted by molar-refractivity contribution is 5.35. The van der Waals surface area contributed by atoms with E-state index in [1.807, 2.05) is 6.92 Å². The SMILES string of the molecule is CCNc1cc(C)nc(Cn2cc([N+](=O)[O-])cnc2=O)n1. The fourth-order valence-corrected chi connectivity index (χ4v) is 1.78. The predicted octanol–water partition coefficient (Wildman–Crippen LogP) is 0.730. The lowest BCUT2D eigenvalue weighted by Gasteiger charge is -2.08. The first-order chi connectivity index (χ1) is 9.99. The van der Waals surface area contributed by atoms with Gasteiger partial charge < -0.3 is 5.32 Å². The van der Waals surface area contributed by atoms with Crippen molar-refractivity contribution in [3.63, 3.8) is 0 Å². The van der Waals surface area contributed by atoms with Crippen molar-refractivity contribution >= 4 is 11.5 Å². The lowest BCUT2D eigenvalue weighted by molar-refractivity contribution is -0.385. The minimum atomic E-state index is -0.607. The summed E-state index contributed by atoms with van der Waals surface area (Å²) in [6.45, 7) is 4.47. The first-order valence-electron chi connectivity index (χ1n) is 6.29. The Kier molecular flexibility index (Phi) is 4.21. The first-order valence-corrected chi connectivity index (χ1v) is 6.29. The summed E-state index contributed by atoms with van der Waals surface area (Å²) in [7, 11) is 0. The van der Waals surface area contributed by atoms with Crippen LogP contribution in [0.4, 0.5) is 11.5 Å². The van der Waals surface area contributed by atoms with E-state index in [9.17, 15) is 14.9 Å². The Morgan fingerprint density at radius 3 is 2.86 bits per heavy atom. The molecule has 9 heteroatoms. The molecule has 0 bridgehead atoms. The molecular formula is C12H14N6O3. The van der Waals surface area contributed by atoms with Gasteiger partial charge in [0.05, 0.1) is 17.7 Å². The molecule has 0 spiro atoms. The number of aromatic nitrogens is 4. The summed E-state index contributed by atoms with van der Waals surface area (Å²) in [5, 5.41) is 13.8. The minimum absolute atomic E-state index is 0.0214. The van der Waals surface area contributed by atoms with Crippen LogP contribution >= 0.6 is 0 Å². The van der Waals surface area contributed by atoms with Gasteiger partial charge in [-0.15, -0.1) is 0 Å². The number of rotatable bonds is 5. The van der Waals surface area contributed by atoms with Gasteiger partial charge in [0.25, 0.3) is 0 Å². The zero-order valence-electron chi connectivity index (χ0n) is 11.6. The van der Waals surface area contributed by atoms with Crippen molar-refractivity contribution in [3.05, 3.63) is 50.6 Å². The second-order valence-electron chi connectivity index (χ2n) is 4.32. The molecule has 2 aromatic heterocycles. The molecule has 0 radical (unpaired) electrons. The molecule has 0 aliphatic rings. The van der Waals surface area contributed by atoms with Crippen LogP contribution in [0, 0.1) is 17.0 Å². The third-order valence-corrected chi connectivity index (χ3v) is 2.62. The Balaban J connectivity index is 2.35. The fourth-order valence-electron chi connectivity index (χ4n) is 1.78. The average Bonchev–Trinajstić information content (AvgIpc) is 2.40. The molecule has 9 nitrogen and oxygen atoms in total. The Morgan fingerprint density at radius 2 is 2.19 bits per heavy atom.